The van der Waals surface area contributed by atoms with Crippen LogP contribution in [0.2, 0.25) is 5.02 Å². The SMILES string of the molecule is Cc1n[nH]c2c1nc(-c1ccccc1)c1cccc(Cl)c12. The van der Waals surface area contributed by atoms with Gasteiger partial charge < -0.3 is 0 Å². The molecule has 0 amide bonds. The summed E-state index contributed by atoms with van der Waals surface area (Å²) in [5.41, 5.74) is 4.66. The number of nitrogens with zero attached hydrogens (tertiary/aromatic N) is 2. The molecule has 3 nitrogen and oxygen atoms in total. The summed E-state index contributed by atoms with van der Waals surface area (Å²) in [6, 6.07) is 16.0. The fraction of sp³-hybridized carbons (Fsp3) is 0.0588. The van der Waals surface area contributed by atoms with Gasteiger partial charge in [-0.1, -0.05) is 54.1 Å². The Hall–Kier alpha value is -2.39. The minimum absolute atomic E-state index is 0.709. The molecule has 0 spiro atoms. The van der Waals surface area contributed by atoms with E-state index in [2.05, 4.69) is 22.3 Å². The fourth-order valence-electron chi connectivity index (χ4n) is 2.70. The van der Waals surface area contributed by atoms with Gasteiger partial charge in [-0.15, -0.1) is 0 Å². The quantitative estimate of drug-likeness (QED) is 0.551. The standard InChI is InChI=1S/C17H12ClN3/c1-10-15-17(21-20-10)14-12(8-5-9-13(14)18)16(19-15)11-6-3-2-4-7-11/h2-9H,1H3,(H,20,21). The van der Waals surface area contributed by atoms with Crippen LogP contribution < -0.4 is 0 Å². The van der Waals surface area contributed by atoms with Gasteiger partial charge in [0, 0.05) is 16.3 Å². The summed E-state index contributed by atoms with van der Waals surface area (Å²) in [7, 11) is 0. The number of H-pyrrole nitrogens is 1. The summed E-state index contributed by atoms with van der Waals surface area (Å²) in [6.07, 6.45) is 0. The van der Waals surface area contributed by atoms with Crippen molar-refractivity contribution in [2.75, 3.05) is 0 Å². The molecule has 0 saturated carbocycles. The van der Waals surface area contributed by atoms with E-state index in [4.69, 9.17) is 16.6 Å². The molecular weight excluding hydrogens is 282 g/mol. The van der Waals surface area contributed by atoms with Gasteiger partial charge in [-0.3, -0.25) is 5.10 Å². The first-order chi connectivity index (χ1) is 10.3. The van der Waals surface area contributed by atoms with Crippen molar-refractivity contribution >= 4 is 33.4 Å². The lowest BCUT2D eigenvalue weighted by Gasteiger charge is -2.08. The van der Waals surface area contributed by atoms with Gasteiger partial charge in [0.2, 0.25) is 0 Å². The molecule has 0 saturated heterocycles. The smallest absolute Gasteiger partial charge is 0.112 e. The van der Waals surface area contributed by atoms with Crippen LogP contribution in [0.1, 0.15) is 5.69 Å². The Morgan fingerprint density at radius 1 is 1.00 bits per heavy atom. The first kappa shape index (κ1) is 12.4. The minimum Gasteiger partial charge on any atom is -0.275 e. The van der Waals surface area contributed by atoms with Crippen molar-refractivity contribution in [3.8, 4) is 11.3 Å². The zero-order chi connectivity index (χ0) is 14.4. The van der Waals surface area contributed by atoms with Crippen LogP contribution in [0.15, 0.2) is 48.5 Å². The Labute approximate surface area is 126 Å². The van der Waals surface area contributed by atoms with Crippen LogP contribution in [0.5, 0.6) is 0 Å². The molecule has 0 aliphatic rings. The summed E-state index contributed by atoms with van der Waals surface area (Å²) in [4.78, 5) is 4.82. The van der Waals surface area contributed by atoms with E-state index in [0.717, 1.165) is 38.8 Å². The lowest BCUT2D eigenvalue weighted by atomic mass is 10.0. The molecule has 0 fully saturated rings. The third-order valence-corrected chi connectivity index (χ3v) is 4.02. The van der Waals surface area contributed by atoms with E-state index in [9.17, 15) is 0 Å². The van der Waals surface area contributed by atoms with Crippen molar-refractivity contribution in [1.82, 2.24) is 15.2 Å². The van der Waals surface area contributed by atoms with E-state index in [1.807, 2.05) is 43.3 Å². The van der Waals surface area contributed by atoms with E-state index in [1.165, 1.54) is 0 Å². The lowest BCUT2D eigenvalue weighted by Crippen LogP contribution is -1.89. The highest BCUT2D eigenvalue weighted by molar-refractivity contribution is 6.38. The van der Waals surface area contributed by atoms with Crippen molar-refractivity contribution in [1.29, 1.82) is 0 Å². The second kappa shape index (κ2) is 4.57. The average Bonchev–Trinajstić information content (AvgIpc) is 2.89. The van der Waals surface area contributed by atoms with Crippen molar-refractivity contribution in [2.45, 2.75) is 6.92 Å². The maximum Gasteiger partial charge on any atom is 0.112 e. The molecule has 0 aliphatic heterocycles. The highest BCUT2D eigenvalue weighted by Gasteiger charge is 2.15. The monoisotopic (exact) mass is 293 g/mol. The molecule has 4 heteroatoms. The molecule has 1 N–H and O–H groups in total. The number of nitrogens with one attached hydrogen (secondary N) is 1. The number of aromatic nitrogens is 3. The molecule has 0 bridgehead atoms. The summed E-state index contributed by atoms with van der Waals surface area (Å²) >= 11 is 6.43. The van der Waals surface area contributed by atoms with Crippen molar-refractivity contribution in [2.24, 2.45) is 0 Å². The molecule has 0 atom stereocenters. The number of fused-ring (bicyclic) bond motifs is 3. The van der Waals surface area contributed by atoms with Gasteiger partial charge in [0.25, 0.3) is 0 Å². The van der Waals surface area contributed by atoms with Crippen LogP contribution in [-0.4, -0.2) is 15.2 Å². The maximum absolute atomic E-state index is 6.43. The van der Waals surface area contributed by atoms with Gasteiger partial charge in [0.15, 0.2) is 0 Å². The highest BCUT2D eigenvalue weighted by Crippen LogP contribution is 2.35. The molecule has 0 aliphatic carbocycles. The highest BCUT2D eigenvalue weighted by atomic mass is 35.5. The predicted octanol–water partition coefficient (Wildman–Crippen LogP) is 4.74. The number of hydrogen-bond donors (Lipinski definition) is 1. The predicted molar refractivity (Wildman–Crippen MR) is 86.6 cm³/mol. The summed E-state index contributed by atoms with van der Waals surface area (Å²) in [5.74, 6) is 0. The zero-order valence-corrected chi connectivity index (χ0v) is 12.1. The van der Waals surface area contributed by atoms with E-state index < -0.39 is 0 Å². The van der Waals surface area contributed by atoms with E-state index in [0.29, 0.717) is 5.02 Å². The number of pyridine rings is 1. The fourth-order valence-corrected chi connectivity index (χ4v) is 2.97. The first-order valence-corrected chi connectivity index (χ1v) is 7.12. The van der Waals surface area contributed by atoms with Crippen molar-refractivity contribution in [3.63, 3.8) is 0 Å². The number of benzene rings is 2. The topological polar surface area (TPSA) is 41.6 Å². The Kier molecular flexibility index (Phi) is 2.69. The summed E-state index contributed by atoms with van der Waals surface area (Å²) in [5, 5.41) is 10.0. The number of halogens is 1. The van der Waals surface area contributed by atoms with Gasteiger partial charge in [-0.2, -0.15) is 5.10 Å². The first-order valence-electron chi connectivity index (χ1n) is 6.74. The van der Waals surface area contributed by atoms with Crippen LogP contribution in [0.4, 0.5) is 0 Å². The van der Waals surface area contributed by atoms with Crippen LogP contribution in [0.3, 0.4) is 0 Å². The van der Waals surface area contributed by atoms with Crippen molar-refractivity contribution in [3.05, 3.63) is 59.2 Å². The van der Waals surface area contributed by atoms with Crippen LogP contribution in [0.25, 0.3) is 33.1 Å². The number of aryl methyl sites for hydroxylation is 1. The maximum atomic E-state index is 6.43. The normalized spacial score (nSPS) is 11.3. The molecule has 21 heavy (non-hydrogen) atoms. The molecule has 2 heterocycles. The van der Waals surface area contributed by atoms with Gasteiger partial charge in [-0.05, 0) is 13.0 Å². The number of aromatic amines is 1. The van der Waals surface area contributed by atoms with Crippen LogP contribution in [-0.2, 0) is 0 Å². The van der Waals surface area contributed by atoms with E-state index >= 15 is 0 Å². The van der Waals surface area contributed by atoms with E-state index in [-0.39, 0.29) is 0 Å². The second-order valence-electron chi connectivity index (χ2n) is 5.02. The Morgan fingerprint density at radius 3 is 2.62 bits per heavy atom. The average molecular weight is 294 g/mol. The van der Waals surface area contributed by atoms with Gasteiger partial charge in [0.05, 0.1) is 21.9 Å². The summed E-state index contributed by atoms with van der Waals surface area (Å²) < 4.78 is 0. The lowest BCUT2D eigenvalue weighted by molar-refractivity contribution is 1.07. The molecule has 102 valence electrons. The van der Waals surface area contributed by atoms with Gasteiger partial charge >= 0.3 is 0 Å². The minimum atomic E-state index is 0.709. The molecule has 2 aromatic carbocycles. The second-order valence-corrected chi connectivity index (χ2v) is 5.43. The van der Waals surface area contributed by atoms with Gasteiger partial charge in [-0.25, -0.2) is 4.98 Å². The third kappa shape index (κ3) is 1.82. The molecule has 4 rings (SSSR count). The molecule has 0 radical (unpaired) electrons. The number of rotatable bonds is 1. The zero-order valence-electron chi connectivity index (χ0n) is 11.4. The third-order valence-electron chi connectivity index (χ3n) is 3.70. The molecular formula is C17H12ClN3. The van der Waals surface area contributed by atoms with E-state index in [1.54, 1.807) is 0 Å². The van der Waals surface area contributed by atoms with Crippen LogP contribution in [0, 0.1) is 6.92 Å². The Balaban J connectivity index is 2.24. The molecule has 2 aromatic heterocycles. The molecule has 0 unspecified atom stereocenters. The van der Waals surface area contributed by atoms with Crippen molar-refractivity contribution < 1.29 is 0 Å². The Morgan fingerprint density at radius 2 is 1.81 bits per heavy atom. The van der Waals surface area contributed by atoms with Crippen LogP contribution >= 0.6 is 11.6 Å². The molecule has 4 aromatic rings. The summed E-state index contributed by atoms with van der Waals surface area (Å²) in [6.45, 7) is 1.95. The Bertz CT molecular complexity index is 958. The largest absolute Gasteiger partial charge is 0.275 e. The number of hydrogen-bond acceptors (Lipinski definition) is 2. The van der Waals surface area contributed by atoms with Gasteiger partial charge in [0.1, 0.15) is 5.52 Å².